The third kappa shape index (κ3) is 2.99. The largest absolute Gasteiger partial charge is 0.369 e. The van der Waals surface area contributed by atoms with Crippen molar-refractivity contribution >= 4 is 38.2 Å². The number of anilines is 1. The lowest BCUT2D eigenvalue weighted by Crippen LogP contribution is -2.44. The SMILES string of the molecule is CN1CCN(c2ccc3n[nH]c(S(=O)c4cccc5ccccc45)c3c2)CC1. The Morgan fingerprint density at radius 3 is 2.57 bits per heavy atom. The topological polar surface area (TPSA) is 52.2 Å². The van der Waals surface area contributed by atoms with Gasteiger partial charge < -0.3 is 9.80 Å². The fraction of sp³-hybridized carbons (Fsp3) is 0.227. The highest BCUT2D eigenvalue weighted by molar-refractivity contribution is 7.85. The molecule has 142 valence electrons. The van der Waals surface area contributed by atoms with Crippen molar-refractivity contribution in [2.75, 3.05) is 38.1 Å². The average molecular weight is 391 g/mol. The molecule has 0 bridgehead atoms. The number of aromatic amines is 1. The number of hydrogen-bond donors (Lipinski definition) is 1. The lowest BCUT2D eigenvalue weighted by Gasteiger charge is -2.34. The van der Waals surface area contributed by atoms with E-state index in [1.54, 1.807) is 0 Å². The Kier molecular flexibility index (Phi) is 4.37. The molecular formula is C22H22N4OS. The molecule has 0 aliphatic carbocycles. The second-order valence-corrected chi connectivity index (χ2v) is 8.68. The second-order valence-electron chi connectivity index (χ2n) is 7.29. The molecule has 0 radical (unpaired) electrons. The van der Waals surface area contributed by atoms with Crippen LogP contribution in [-0.2, 0) is 10.8 Å². The summed E-state index contributed by atoms with van der Waals surface area (Å²) in [4.78, 5) is 5.54. The van der Waals surface area contributed by atoms with Crippen LogP contribution in [0.3, 0.4) is 0 Å². The van der Waals surface area contributed by atoms with Crippen LogP contribution in [0.2, 0.25) is 0 Å². The third-order valence-electron chi connectivity index (χ3n) is 5.51. The quantitative estimate of drug-likeness (QED) is 0.580. The minimum atomic E-state index is -1.33. The molecule has 1 fully saturated rings. The number of nitrogens with one attached hydrogen (secondary N) is 1. The summed E-state index contributed by atoms with van der Waals surface area (Å²) in [6.07, 6.45) is 0. The number of fused-ring (bicyclic) bond motifs is 2. The Morgan fingerprint density at radius 2 is 1.71 bits per heavy atom. The van der Waals surface area contributed by atoms with Crippen molar-refractivity contribution in [3.05, 3.63) is 60.7 Å². The number of hydrogen-bond acceptors (Lipinski definition) is 4. The van der Waals surface area contributed by atoms with E-state index in [1.165, 1.54) is 0 Å². The van der Waals surface area contributed by atoms with Gasteiger partial charge in [0.05, 0.1) is 10.4 Å². The van der Waals surface area contributed by atoms with Gasteiger partial charge in [0.2, 0.25) is 0 Å². The van der Waals surface area contributed by atoms with Crippen molar-refractivity contribution in [3.63, 3.8) is 0 Å². The van der Waals surface area contributed by atoms with Gasteiger partial charge in [0.15, 0.2) is 0 Å². The predicted molar refractivity (Wildman–Crippen MR) is 114 cm³/mol. The highest BCUT2D eigenvalue weighted by Crippen LogP contribution is 2.30. The zero-order chi connectivity index (χ0) is 19.1. The lowest BCUT2D eigenvalue weighted by atomic mass is 10.1. The van der Waals surface area contributed by atoms with Gasteiger partial charge in [-0.15, -0.1) is 0 Å². The molecule has 1 unspecified atom stereocenters. The van der Waals surface area contributed by atoms with Crippen molar-refractivity contribution < 1.29 is 4.21 Å². The summed E-state index contributed by atoms with van der Waals surface area (Å²) in [7, 11) is 0.826. The molecule has 1 atom stereocenters. The zero-order valence-corrected chi connectivity index (χ0v) is 16.6. The molecule has 1 aliphatic heterocycles. The summed E-state index contributed by atoms with van der Waals surface area (Å²) in [5.41, 5.74) is 2.01. The van der Waals surface area contributed by atoms with Crippen molar-refractivity contribution in [1.82, 2.24) is 15.1 Å². The summed E-state index contributed by atoms with van der Waals surface area (Å²) >= 11 is 0. The maximum Gasteiger partial charge on any atom is 0.135 e. The average Bonchev–Trinajstić information content (AvgIpc) is 3.16. The smallest absolute Gasteiger partial charge is 0.135 e. The van der Waals surface area contributed by atoms with E-state index in [2.05, 4.69) is 39.2 Å². The van der Waals surface area contributed by atoms with Crippen molar-refractivity contribution in [1.29, 1.82) is 0 Å². The molecule has 0 saturated carbocycles. The monoisotopic (exact) mass is 390 g/mol. The molecule has 5 nitrogen and oxygen atoms in total. The van der Waals surface area contributed by atoms with Gasteiger partial charge in [-0.1, -0.05) is 36.4 Å². The first-order chi connectivity index (χ1) is 13.7. The summed E-state index contributed by atoms with van der Waals surface area (Å²) < 4.78 is 13.5. The molecule has 4 aromatic rings. The number of piperazine rings is 1. The Bertz CT molecular complexity index is 1170. The molecule has 1 N–H and O–H groups in total. The zero-order valence-electron chi connectivity index (χ0n) is 15.8. The van der Waals surface area contributed by atoms with Crippen LogP contribution in [0.15, 0.2) is 70.6 Å². The van der Waals surface area contributed by atoms with Gasteiger partial charge in [0.1, 0.15) is 15.8 Å². The number of likely N-dealkylation sites (N-methyl/N-ethyl adjacent to an activating group) is 1. The van der Waals surface area contributed by atoms with Crippen molar-refractivity contribution in [2.24, 2.45) is 0 Å². The molecule has 1 saturated heterocycles. The lowest BCUT2D eigenvalue weighted by molar-refractivity contribution is 0.313. The van der Waals surface area contributed by atoms with Gasteiger partial charge in [0, 0.05) is 37.3 Å². The fourth-order valence-electron chi connectivity index (χ4n) is 3.84. The Hall–Kier alpha value is -2.70. The molecular weight excluding hydrogens is 368 g/mol. The van der Waals surface area contributed by atoms with Crippen LogP contribution in [-0.4, -0.2) is 52.5 Å². The first kappa shape index (κ1) is 17.4. The number of H-pyrrole nitrogens is 1. The Labute approximate surface area is 166 Å². The van der Waals surface area contributed by atoms with Gasteiger partial charge in [-0.2, -0.15) is 5.10 Å². The molecule has 1 aromatic heterocycles. The van der Waals surface area contributed by atoms with Gasteiger partial charge in [0.25, 0.3) is 0 Å². The maximum atomic E-state index is 13.5. The van der Waals surface area contributed by atoms with Crippen LogP contribution in [0, 0.1) is 0 Å². The van der Waals surface area contributed by atoms with Crippen LogP contribution >= 0.6 is 0 Å². The van der Waals surface area contributed by atoms with Gasteiger partial charge in [-0.3, -0.25) is 5.10 Å². The van der Waals surface area contributed by atoms with E-state index in [0.717, 1.165) is 58.4 Å². The first-order valence-electron chi connectivity index (χ1n) is 9.52. The van der Waals surface area contributed by atoms with Crippen molar-refractivity contribution in [3.8, 4) is 0 Å². The molecule has 1 aliphatic rings. The van der Waals surface area contributed by atoms with E-state index in [-0.39, 0.29) is 0 Å². The van der Waals surface area contributed by atoms with Crippen LogP contribution in [0.1, 0.15) is 0 Å². The minimum absolute atomic E-state index is 0.669. The number of nitrogens with zero attached hydrogens (tertiary/aromatic N) is 3. The Balaban J connectivity index is 1.57. The molecule has 28 heavy (non-hydrogen) atoms. The standard InChI is InChI=1S/C22H22N4OS/c1-25-11-13-26(14-12-25)17-9-10-20-19(15-17)22(24-23-20)28(27)21-8-4-6-16-5-2-3-7-18(16)21/h2-10,15H,11-14H2,1H3,(H,23,24). The molecule has 6 heteroatoms. The van der Waals surface area contributed by atoms with Crippen LogP contribution in [0.5, 0.6) is 0 Å². The molecule has 5 rings (SSSR count). The van der Waals surface area contributed by atoms with E-state index in [0.29, 0.717) is 5.03 Å². The summed E-state index contributed by atoms with van der Waals surface area (Å²) in [5, 5.41) is 11.1. The summed E-state index contributed by atoms with van der Waals surface area (Å²) in [6, 6.07) is 20.3. The summed E-state index contributed by atoms with van der Waals surface area (Å²) in [6.45, 7) is 4.11. The van der Waals surface area contributed by atoms with Crippen LogP contribution in [0.4, 0.5) is 5.69 Å². The van der Waals surface area contributed by atoms with E-state index < -0.39 is 10.8 Å². The number of benzene rings is 3. The third-order valence-corrected chi connectivity index (χ3v) is 6.94. The normalized spacial score (nSPS) is 16.7. The minimum Gasteiger partial charge on any atom is -0.369 e. The van der Waals surface area contributed by atoms with Crippen LogP contribution in [0.25, 0.3) is 21.7 Å². The first-order valence-corrected chi connectivity index (χ1v) is 10.7. The highest BCUT2D eigenvalue weighted by Gasteiger charge is 2.19. The van der Waals surface area contributed by atoms with Crippen LogP contribution < -0.4 is 4.90 Å². The van der Waals surface area contributed by atoms with E-state index >= 15 is 0 Å². The van der Waals surface area contributed by atoms with E-state index in [9.17, 15) is 4.21 Å². The Morgan fingerprint density at radius 1 is 0.929 bits per heavy atom. The van der Waals surface area contributed by atoms with Gasteiger partial charge in [-0.05, 0) is 42.1 Å². The fourth-order valence-corrected chi connectivity index (χ4v) is 5.14. The maximum absolute atomic E-state index is 13.5. The predicted octanol–water partition coefficient (Wildman–Crippen LogP) is 3.63. The molecule has 3 aromatic carbocycles. The molecule has 2 heterocycles. The van der Waals surface area contributed by atoms with Gasteiger partial charge in [-0.25, -0.2) is 4.21 Å². The van der Waals surface area contributed by atoms with Gasteiger partial charge >= 0.3 is 0 Å². The van der Waals surface area contributed by atoms with E-state index in [4.69, 9.17) is 0 Å². The molecule has 0 spiro atoms. The highest BCUT2D eigenvalue weighted by atomic mass is 32.2. The number of aromatic nitrogens is 2. The second kappa shape index (κ2) is 7.04. The number of rotatable bonds is 3. The van der Waals surface area contributed by atoms with Crippen molar-refractivity contribution in [2.45, 2.75) is 9.92 Å². The summed E-state index contributed by atoms with van der Waals surface area (Å²) in [5.74, 6) is 0. The van der Waals surface area contributed by atoms with E-state index in [1.807, 2.05) is 48.5 Å². The molecule has 0 amide bonds.